The summed E-state index contributed by atoms with van der Waals surface area (Å²) in [5.74, 6) is 0.877. The summed E-state index contributed by atoms with van der Waals surface area (Å²) in [4.78, 5) is 2.28. The van der Waals surface area contributed by atoms with E-state index in [1.54, 1.807) is 16.4 Å². The summed E-state index contributed by atoms with van der Waals surface area (Å²) in [5.41, 5.74) is 1.18. The van der Waals surface area contributed by atoms with Gasteiger partial charge < -0.3 is 4.74 Å². The summed E-state index contributed by atoms with van der Waals surface area (Å²) in [5, 5.41) is 0. The third-order valence-corrected chi connectivity index (χ3v) is 8.14. The van der Waals surface area contributed by atoms with E-state index in [4.69, 9.17) is 4.74 Å². The van der Waals surface area contributed by atoms with E-state index in [-0.39, 0.29) is 6.10 Å². The summed E-state index contributed by atoms with van der Waals surface area (Å²) in [7, 11) is -3.38. The predicted molar refractivity (Wildman–Crippen MR) is 108 cm³/mol. The predicted octanol–water partition coefficient (Wildman–Crippen LogP) is 3.80. The first-order valence-corrected chi connectivity index (χ1v) is 11.6. The number of rotatable bonds is 6. The van der Waals surface area contributed by atoms with E-state index < -0.39 is 10.0 Å². The van der Waals surface area contributed by atoms with Gasteiger partial charge in [0.05, 0.1) is 9.89 Å². The minimum atomic E-state index is -3.38. The molecule has 0 bridgehead atoms. The smallest absolute Gasteiger partial charge is 0.252 e. The Morgan fingerprint density at radius 3 is 2.50 bits per heavy atom. The summed E-state index contributed by atoms with van der Waals surface area (Å²) < 4.78 is 33.9. The van der Waals surface area contributed by atoms with Crippen LogP contribution in [-0.4, -0.2) is 49.9 Å². The first kappa shape index (κ1) is 19.8. The highest BCUT2D eigenvalue weighted by Gasteiger charge is 2.29. The van der Waals surface area contributed by atoms with Crippen LogP contribution in [-0.2, 0) is 16.6 Å². The maximum atomic E-state index is 12.7. The Morgan fingerprint density at radius 2 is 1.88 bits per heavy atom. The fourth-order valence-electron chi connectivity index (χ4n) is 2.94. The lowest BCUT2D eigenvalue weighted by Crippen LogP contribution is -2.48. The van der Waals surface area contributed by atoms with Gasteiger partial charge in [0.1, 0.15) is 9.96 Å². The molecule has 5 nitrogen and oxygen atoms in total. The minimum absolute atomic E-state index is 0.149. The van der Waals surface area contributed by atoms with Crippen molar-refractivity contribution in [3.8, 4) is 5.75 Å². The Bertz CT molecular complexity index is 844. The lowest BCUT2D eigenvalue weighted by Gasteiger charge is -2.33. The molecule has 0 saturated carbocycles. The van der Waals surface area contributed by atoms with Crippen molar-refractivity contribution in [2.75, 3.05) is 26.2 Å². The zero-order valence-electron chi connectivity index (χ0n) is 14.9. The maximum Gasteiger partial charge on any atom is 0.252 e. The van der Waals surface area contributed by atoms with Crippen LogP contribution in [0.4, 0.5) is 0 Å². The number of hydrogen-bond donors (Lipinski definition) is 0. The molecule has 0 radical (unpaired) electrons. The zero-order chi connectivity index (χ0) is 18.7. The van der Waals surface area contributed by atoms with E-state index in [9.17, 15) is 8.42 Å². The average Bonchev–Trinajstić information content (AvgIpc) is 3.02. The first-order chi connectivity index (χ1) is 12.3. The van der Waals surface area contributed by atoms with Crippen molar-refractivity contribution < 1.29 is 13.2 Å². The van der Waals surface area contributed by atoms with Gasteiger partial charge in [-0.15, -0.1) is 11.3 Å². The van der Waals surface area contributed by atoms with E-state index in [2.05, 4.69) is 33.0 Å². The normalized spacial score (nSPS) is 16.9. The van der Waals surface area contributed by atoms with E-state index in [1.807, 2.05) is 26.0 Å². The van der Waals surface area contributed by atoms with Crippen LogP contribution in [0.3, 0.4) is 0 Å². The number of nitrogens with zero attached hydrogens (tertiary/aromatic N) is 2. The number of halogens is 1. The van der Waals surface area contributed by atoms with Gasteiger partial charge in [-0.3, -0.25) is 4.90 Å². The highest BCUT2D eigenvalue weighted by atomic mass is 79.9. The molecule has 26 heavy (non-hydrogen) atoms. The van der Waals surface area contributed by atoms with Gasteiger partial charge in [-0.2, -0.15) is 4.31 Å². The molecule has 0 atom stereocenters. The minimum Gasteiger partial charge on any atom is -0.491 e. The van der Waals surface area contributed by atoms with Gasteiger partial charge in [-0.25, -0.2) is 8.42 Å². The van der Waals surface area contributed by atoms with Crippen LogP contribution in [0.2, 0.25) is 0 Å². The average molecular weight is 459 g/mol. The molecule has 1 aliphatic rings. The fraction of sp³-hybridized carbons (Fsp3) is 0.444. The molecule has 142 valence electrons. The lowest BCUT2D eigenvalue weighted by atomic mass is 10.2. The molecule has 1 aliphatic heterocycles. The summed E-state index contributed by atoms with van der Waals surface area (Å²) in [6, 6.07) is 11.6. The van der Waals surface area contributed by atoms with Crippen molar-refractivity contribution in [1.29, 1.82) is 0 Å². The number of piperazine rings is 1. The molecular formula is C18H23BrN2O3S2. The maximum absolute atomic E-state index is 12.7. The van der Waals surface area contributed by atoms with Crippen molar-refractivity contribution in [3.05, 3.63) is 45.7 Å². The van der Waals surface area contributed by atoms with Crippen LogP contribution < -0.4 is 4.74 Å². The second kappa shape index (κ2) is 8.39. The summed E-state index contributed by atoms with van der Waals surface area (Å²) >= 11 is 4.59. The van der Waals surface area contributed by atoms with Gasteiger partial charge in [0.25, 0.3) is 10.0 Å². The number of sulfonamides is 1. The Hall–Kier alpha value is -0.930. The van der Waals surface area contributed by atoms with Crippen LogP contribution in [0.15, 0.2) is 44.4 Å². The molecule has 0 N–H and O–H groups in total. The third-order valence-electron chi connectivity index (χ3n) is 4.15. The van der Waals surface area contributed by atoms with Crippen LogP contribution in [0, 0.1) is 0 Å². The number of thiophene rings is 1. The van der Waals surface area contributed by atoms with Gasteiger partial charge in [0.2, 0.25) is 0 Å². The van der Waals surface area contributed by atoms with Gasteiger partial charge in [-0.05, 0) is 59.6 Å². The van der Waals surface area contributed by atoms with E-state index >= 15 is 0 Å². The van der Waals surface area contributed by atoms with Gasteiger partial charge in [0, 0.05) is 32.7 Å². The quantitative estimate of drug-likeness (QED) is 0.660. The number of hydrogen-bond acceptors (Lipinski definition) is 5. The molecule has 8 heteroatoms. The number of ether oxygens (including phenoxy) is 1. The Morgan fingerprint density at radius 1 is 1.15 bits per heavy atom. The van der Waals surface area contributed by atoms with Crippen LogP contribution >= 0.6 is 27.3 Å². The Labute approximate surface area is 167 Å². The standard InChI is InChI=1S/C18H23BrN2O3S2/c1-14(2)24-16-5-3-4-15(12-16)13-20-8-10-21(11-9-20)26(22,23)18-7-6-17(19)25-18/h3-7,12,14H,8-11,13H2,1-2H3. The number of benzene rings is 1. The van der Waals surface area contributed by atoms with E-state index in [0.29, 0.717) is 17.3 Å². The van der Waals surface area contributed by atoms with Crippen LogP contribution in [0.1, 0.15) is 19.4 Å². The molecule has 0 amide bonds. The highest BCUT2D eigenvalue weighted by molar-refractivity contribution is 9.11. The fourth-order valence-corrected chi connectivity index (χ4v) is 6.53. The molecule has 2 heterocycles. The van der Waals surface area contributed by atoms with Crippen molar-refractivity contribution in [2.45, 2.75) is 30.7 Å². The highest BCUT2D eigenvalue weighted by Crippen LogP contribution is 2.29. The zero-order valence-corrected chi connectivity index (χ0v) is 18.1. The molecule has 0 unspecified atom stereocenters. The SMILES string of the molecule is CC(C)Oc1cccc(CN2CCN(S(=O)(=O)c3ccc(Br)s3)CC2)c1. The molecule has 0 spiro atoms. The van der Waals surface area contributed by atoms with Gasteiger partial charge in [0.15, 0.2) is 0 Å². The molecule has 1 aromatic heterocycles. The van der Waals surface area contributed by atoms with Gasteiger partial charge >= 0.3 is 0 Å². The van der Waals surface area contributed by atoms with Crippen LogP contribution in [0.25, 0.3) is 0 Å². The first-order valence-electron chi connectivity index (χ1n) is 8.58. The topological polar surface area (TPSA) is 49.9 Å². The molecule has 2 aromatic rings. The van der Waals surface area contributed by atoms with E-state index in [1.165, 1.54) is 16.9 Å². The molecule has 1 aromatic carbocycles. The van der Waals surface area contributed by atoms with Crippen molar-refractivity contribution in [3.63, 3.8) is 0 Å². The molecule has 1 fully saturated rings. The third kappa shape index (κ3) is 4.86. The van der Waals surface area contributed by atoms with Crippen LogP contribution in [0.5, 0.6) is 5.75 Å². The molecule has 3 rings (SSSR count). The monoisotopic (exact) mass is 458 g/mol. The molecular weight excluding hydrogens is 436 g/mol. The van der Waals surface area contributed by atoms with Crippen molar-refractivity contribution in [2.24, 2.45) is 0 Å². The molecule has 1 saturated heterocycles. The second-order valence-corrected chi connectivity index (χ2v) is 11.2. The summed E-state index contributed by atoms with van der Waals surface area (Å²) in [6.07, 6.45) is 0.149. The second-order valence-electron chi connectivity index (χ2n) is 6.55. The van der Waals surface area contributed by atoms with Gasteiger partial charge in [-0.1, -0.05) is 12.1 Å². The van der Waals surface area contributed by atoms with Crippen molar-refractivity contribution >= 4 is 37.3 Å². The van der Waals surface area contributed by atoms with E-state index in [0.717, 1.165) is 29.2 Å². The summed E-state index contributed by atoms with van der Waals surface area (Å²) in [6.45, 7) is 7.30. The van der Waals surface area contributed by atoms with Crippen molar-refractivity contribution in [1.82, 2.24) is 9.21 Å². The molecule has 0 aliphatic carbocycles. The Kier molecular flexibility index (Phi) is 6.40. The largest absolute Gasteiger partial charge is 0.491 e. The Balaban J connectivity index is 1.59. The lowest BCUT2D eigenvalue weighted by molar-refractivity contribution is 0.181.